The second kappa shape index (κ2) is 6.95. The van der Waals surface area contributed by atoms with Gasteiger partial charge in [0.2, 0.25) is 0 Å². The summed E-state index contributed by atoms with van der Waals surface area (Å²) in [6.45, 7) is 6.67. The number of H-pyrrole nitrogens is 1. The molecule has 124 valence electrons. The van der Waals surface area contributed by atoms with E-state index in [1.165, 1.54) is 0 Å². The summed E-state index contributed by atoms with van der Waals surface area (Å²) in [5, 5.41) is 9.91. The second-order valence-corrected chi connectivity index (χ2v) is 6.50. The summed E-state index contributed by atoms with van der Waals surface area (Å²) in [5.41, 5.74) is 0.893. The van der Waals surface area contributed by atoms with E-state index in [-0.39, 0.29) is 5.56 Å². The van der Waals surface area contributed by atoms with Crippen molar-refractivity contribution in [2.75, 3.05) is 31.2 Å². The molecule has 1 saturated heterocycles. The Labute approximate surface area is 143 Å². The van der Waals surface area contributed by atoms with E-state index in [9.17, 15) is 4.79 Å². The molecule has 3 heterocycles. The Morgan fingerprint density at radius 2 is 2.25 bits per heavy atom. The lowest BCUT2D eigenvalue weighted by atomic mass is 10.2. The molecule has 24 heavy (non-hydrogen) atoms. The molecule has 1 aliphatic heterocycles. The number of allylic oxidation sites excluding steroid dienone is 1. The predicted octanol–water partition coefficient (Wildman–Crippen LogP) is 1.80. The highest BCUT2D eigenvalue weighted by molar-refractivity contribution is 7.16. The summed E-state index contributed by atoms with van der Waals surface area (Å²) < 4.78 is 5.35. The molecule has 1 fully saturated rings. The number of rotatable bonds is 3. The topological polar surface area (TPSA) is 94.9 Å². The SMILES string of the molecule is C/C(=C\c1cnc(N2CCOCC2)s1)c1nc(C)c(C#N)c(=O)[nH]1. The van der Waals surface area contributed by atoms with Gasteiger partial charge in [-0.25, -0.2) is 9.97 Å². The summed E-state index contributed by atoms with van der Waals surface area (Å²) in [7, 11) is 0. The number of aryl methyl sites for hydroxylation is 1. The third kappa shape index (κ3) is 3.37. The zero-order valence-corrected chi connectivity index (χ0v) is 14.3. The van der Waals surface area contributed by atoms with Gasteiger partial charge in [-0.2, -0.15) is 5.26 Å². The zero-order valence-electron chi connectivity index (χ0n) is 13.5. The van der Waals surface area contributed by atoms with Crippen LogP contribution in [0.3, 0.4) is 0 Å². The zero-order chi connectivity index (χ0) is 17.1. The first-order valence-corrected chi connectivity index (χ1v) is 8.38. The molecular formula is C16H17N5O2S. The minimum absolute atomic E-state index is 0.0546. The smallest absolute Gasteiger partial charge is 0.269 e. The molecule has 0 amide bonds. The highest BCUT2D eigenvalue weighted by atomic mass is 32.1. The van der Waals surface area contributed by atoms with Crippen LogP contribution in [-0.2, 0) is 4.74 Å². The lowest BCUT2D eigenvalue weighted by Crippen LogP contribution is -2.36. The van der Waals surface area contributed by atoms with Crippen molar-refractivity contribution in [3.63, 3.8) is 0 Å². The number of hydrogen-bond acceptors (Lipinski definition) is 7. The van der Waals surface area contributed by atoms with Gasteiger partial charge in [0.25, 0.3) is 5.56 Å². The number of thiazole rings is 1. The van der Waals surface area contributed by atoms with Gasteiger partial charge in [0.1, 0.15) is 17.5 Å². The van der Waals surface area contributed by atoms with Crippen molar-refractivity contribution in [1.82, 2.24) is 15.0 Å². The number of morpholine rings is 1. The van der Waals surface area contributed by atoms with Gasteiger partial charge in [-0.05, 0) is 25.5 Å². The van der Waals surface area contributed by atoms with Gasteiger partial charge in [0.05, 0.1) is 18.9 Å². The van der Waals surface area contributed by atoms with Crippen molar-refractivity contribution >= 4 is 28.1 Å². The first-order chi connectivity index (χ1) is 11.6. The first-order valence-electron chi connectivity index (χ1n) is 7.56. The first kappa shape index (κ1) is 16.4. The number of nitrogens with zero attached hydrogens (tertiary/aromatic N) is 4. The van der Waals surface area contributed by atoms with Crippen LogP contribution in [0.5, 0.6) is 0 Å². The van der Waals surface area contributed by atoms with E-state index >= 15 is 0 Å². The summed E-state index contributed by atoms with van der Waals surface area (Å²) in [4.78, 5) is 26.5. The van der Waals surface area contributed by atoms with Gasteiger partial charge in [-0.1, -0.05) is 11.3 Å². The Morgan fingerprint density at radius 1 is 1.50 bits per heavy atom. The van der Waals surface area contributed by atoms with Crippen molar-refractivity contribution in [3.05, 3.63) is 38.5 Å². The molecule has 0 saturated carbocycles. The van der Waals surface area contributed by atoms with E-state index < -0.39 is 5.56 Å². The fourth-order valence-corrected chi connectivity index (χ4v) is 3.40. The lowest BCUT2D eigenvalue weighted by Gasteiger charge is -2.25. The molecule has 0 bridgehead atoms. The van der Waals surface area contributed by atoms with E-state index in [0.29, 0.717) is 11.5 Å². The molecular weight excluding hydrogens is 326 g/mol. The molecule has 1 aliphatic rings. The fourth-order valence-electron chi connectivity index (χ4n) is 2.43. The van der Waals surface area contributed by atoms with Crippen molar-refractivity contribution in [2.24, 2.45) is 0 Å². The molecule has 0 aromatic carbocycles. The summed E-state index contributed by atoms with van der Waals surface area (Å²) >= 11 is 1.59. The standard InChI is InChI=1S/C16H17N5O2S/c1-10(14-19-11(2)13(8-17)15(22)20-14)7-12-9-18-16(24-12)21-3-5-23-6-4-21/h7,9H,3-6H2,1-2H3,(H,19,20,22)/b10-7+. The van der Waals surface area contributed by atoms with Gasteiger partial charge in [0.15, 0.2) is 5.13 Å². The number of nitrogens with one attached hydrogen (secondary N) is 1. The number of nitriles is 1. The molecule has 8 heteroatoms. The van der Waals surface area contributed by atoms with Gasteiger partial charge in [-0.3, -0.25) is 4.79 Å². The summed E-state index contributed by atoms with van der Waals surface area (Å²) in [6.07, 6.45) is 3.75. The van der Waals surface area contributed by atoms with Crippen molar-refractivity contribution in [2.45, 2.75) is 13.8 Å². The lowest BCUT2D eigenvalue weighted by molar-refractivity contribution is 0.122. The minimum atomic E-state index is -0.411. The van der Waals surface area contributed by atoms with Crippen LogP contribution < -0.4 is 10.5 Å². The van der Waals surface area contributed by atoms with Crippen LogP contribution in [0.25, 0.3) is 11.6 Å². The quantitative estimate of drug-likeness (QED) is 0.913. The Hall–Kier alpha value is -2.50. The van der Waals surface area contributed by atoms with E-state index in [1.54, 1.807) is 18.3 Å². The van der Waals surface area contributed by atoms with Crippen LogP contribution in [0.2, 0.25) is 0 Å². The summed E-state index contributed by atoms with van der Waals surface area (Å²) in [5.74, 6) is 0.470. The highest BCUT2D eigenvalue weighted by Crippen LogP contribution is 2.26. The average molecular weight is 343 g/mol. The Kier molecular flexibility index (Phi) is 4.74. The average Bonchev–Trinajstić information content (AvgIpc) is 3.04. The Bertz CT molecular complexity index is 871. The van der Waals surface area contributed by atoms with Gasteiger partial charge in [0, 0.05) is 24.2 Å². The minimum Gasteiger partial charge on any atom is -0.378 e. The second-order valence-electron chi connectivity index (χ2n) is 5.46. The van der Waals surface area contributed by atoms with Crippen LogP contribution in [0, 0.1) is 18.3 Å². The molecule has 3 rings (SSSR count). The van der Waals surface area contributed by atoms with Crippen LogP contribution in [0.4, 0.5) is 5.13 Å². The molecule has 2 aromatic rings. The number of anilines is 1. The molecule has 2 aromatic heterocycles. The molecule has 0 aliphatic carbocycles. The van der Waals surface area contributed by atoms with Crippen LogP contribution in [-0.4, -0.2) is 41.3 Å². The fraction of sp³-hybridized carbons (Fsp3) is 0.375. The van der Waals surface area contributed by atoms with Crippen molar-refractivity contribution < 1.29 is 4.74 Å². The van der Waals surface area contributed by atoms with E-state index in [2.05, 4.69) is 19.9 Å². The van der Waals surface area contributed by atoms with Gasteiger partial charge in [-0.15, -0.1) is 0 Å². The molecule has 0 atom stereocenters. The maximum Gasteiger partial charge on any atom is 0.269 e. The van der Waals surface area contributed by atoms with Crippen molar-refractivity contribution in [1.29, 1.82) is 5.26 Å². The van der Waals surface area contributed by atoms with Crippen LogP contribution in [0.1, 0.15) is 28.9 Å². The maximum atomic E-state index is 11.9. The number of aromatic nitrogens is 3. The molecule has 0 spiro atoms. The Morgan fingerprint density at radius 3 is 2.92 bits per heavy atom. The molecule has 7 nitrogen and oxygen atoms in total. The molecule has 1 N–H and O–H groups in total. The normalized spacial score (nSPS) is 15.4. The summed E-state index contributed by atoms with van der Waals surface area (Å²) in [6, 6.07) is 1.87. The molecule has 0 radical (unpaired) electrons. The van der Waals surface area contributed by atoms with Crippen LogP contribution in [0.15, 0.2) is 11.0 Å². The maximum absolute atomic E-state index is 11.9. The molecule has 0 unspecified atom stereocenters. The third-order valence-corrected chi connectivity index (χ3v) is 4.74. The number of aromatic amines is 1. The Balaban J connectivity index is 1.85. The van der Waals surface area contributed by atoms with E-state index in [1.807, 2.05) is 25.3 Å². The largest absolute Gasteiger partial charge is 0.378 e. The van der Waals surface area contributed by atoms with Crippen LogP contribution >= 0.6 is 11.3 Å². The van der Waals surface area contributed by atoms with E-state index in [0.717, 1.165) is 41.9 Å². The van der Waals surface area contributed by atoms with Crippen molar-refractivity contribution in [3.8, 4) is 6.07 Å². The number of ether oxygens (including phenoxy) is 1. The predicted molar refractivity (Wildman–Crippen MR) is 93.0 cm³/mol. The highest BCUT2D eigenvalue weighted by Gasteiger charge is 2.14. The monoisotopic (exact) mass is 343 g/mol. The van der Waals surface area contributed by atoms with E-state index in [4.69, 9.17) is 10.00 Å². The number of hydrogen-bond donors (Lipinski definition) is 1. The van der Waals surface area contributed by atoms with Gasteiger partial charge >= 0.3 is 0 Å². The third-order valence-electron chi connectivity index (χ3n) is 3.74. The van der Waals surface area contributed by atoms with Gasteiger partial charge < -0.3 is 14.6 Å².